The van der Waals surface area contributed by atoms with Crippen molar-refractivity contribution >= 4 is 0 Å². The van der Waals surface area contributed by atoms with Gasteiger partial charge in [0.2, 0.25) is 0 Å². The van der Waals surface area contributed by atoms with Crippen LogP contribution in [0.2, 0.25) is 0 Å². The van der Waals surface area contributed by atoms with Gasteiger partial charge in [0.25, 0.3) is 0 Å². The molecule has 0 amide bonds. The van der Waals surface area contributed by atoms with Crippen LogP contribution in [0.25, 0.3) is 5.69 Å². The first-order valence-electron chi connectivity index (χ1n) is 7.67. The summed E-state index contributed by atoms with van der Waals surface area (Å²) in [5.41, 5.74) is 1.02. The molecule has 0 aliphatic heterocycles. The van der Waals surface area contributed by atoms with Gasteiger partial charge in [0.05, 0.1) is 12.2 Å². The average molecular weight is 286 g/mol. The topological polar surface area (TPSA) is 63.0 Å². The van der Waals surface area contributed by atoms with E-state index in [4.69, 9.17) is 0 Å². The number of aromatic nitrogens is 3. The second kappa shape index (κ2) is 6.83. The predicted molar refractivity (Wildman–Crippen MR) is 81.0 cm³/mol. The number of nitrogens with one attached hydrogen (secondary N) is 1. The molecule has 2 atom stereocenters. The van der Waals surface area contributed by atoms with Crippen LogP contribution in [-0.4, -0.2) is 32.5 Å². The summed E-state index contributed by atoms with van der Waals surface area (Å²) in [5, 5.41) is 17.4. The molecule has 1 aromatic carbocycles. The summed E-state index contributed by atoms with van der Waals surface area (Å²) in [5.74, 6) is 1.16. The minimum atomic E-state index is 0.267. The first-order valence-corrected chi connectivity index (χ1v) is 7.67. The third kappa shape index (κ3) is 3.49. The van der Waals surface area contributed by atoms with Crippen LogP contribution in [0.5, 0.6) is 0 Å². The highest BCUT2D eigenvalue weighted by Crippen LogP contribution is 2.24. The fraction of sp³-hybridized carbons (Fsp3) is 0.500. The Kier molecular flexibility index (Phi) is 4.62. The molecule has 112 valence electrons. The van der Waals surface area contributed by atoms with Crippen LogP contribution in [-0.2, 0) is 6.54 Å². The van der Waals surface area contributed by atoms with Gasteiger partial charge >= 0.3 is 0 Å². The van der Waals surface area contributed by atoms with E-state index in [-0.39, 0.29) is 6.61 Å². The lowest BCUT2D eigenvalue weighted by Gasteiger charge is -2.30. The second-order valence-electron chi connectivity index (χ2n) is 5.66. The highest BCUT2D eigenvalue weighted by molar-refractivity contribution is 5.29. The van der Waals surface area contributed by atoms with Crippen molar-refractivity contribution in [1.82, 2.24) is 20.1 Å². The molecule has 5 heteroatoms. The van der Waals surface area contributed by atoms with Gasteiger partial charge in [0.15, 0.2) is 5.82 Å². The summed E-state index contributed by atoms with van der Waals surface area (Å²) in [6.45, 7) is 0.921. The number of para-hydroxylation sites is 1. The van der Waals surface area contributed by atoms with Gasteiger partial charge in [0.1, 0.15) is 6.33 Å². The molecular formula is C16H22N4O. The Morgan fingerprint density at radius 3 is 2.81 bits per heavy atom. The maximum absolute atomic E-state index is 9.44. The van der Waals surface area contributed by atoms with Gasteiger partial charge in [-0.2, -0.15) is 0 Å². The van der Waals surface area contributed by atoms with E-state index in [0.29, 0.717) is 18.5 Å². The molecule has 1 heterocycles. The van der Waals surface area contributed by atoms with Gasteiger partial charge in [-0.15, -0.1) is 5.10 Å². The molecule has 5 nitrogen and oxygen atoms in total. The molecule has 1 aromatic heterocycles. The fourth-order valence-corrected chi connectivity index (χ4v) is 3.00. The standard InChI is InChI=1S/C16H22N4O/c21-11-13-6-4-5-9-15(13)17-10-16-18-12-20(19-16)14-7-2-1-3-8-14/h1-3,7-8,12-13,15,17,21H,4-6,9-11H2/t13-,15+/m0/s1. The van der Waals surface area contributed by atoms with Crippen molar-refractivity contribution in [3.8, 4) is 5.69 Å². The quantitative estimate of drug-likeness (QED) is 0.881. The van der Waals surface area contributed by atoms with Crippen molar-refractivity contribution in [3.63, 3.8) is 0 Å². The molecule has 1 fully saturated rings. The Bertz CT molecular complexity index is 554. The molecule has 0 unspecified atom stereocenters. The van der Waals surface area contributed by atoms with Crippen molar-refractivity contribution in [2.75, 3.05) is 6.61 Å². The zero-order valence-electron chi connectivity index (χ0n) is 12.2. The van der Waals surface area contributed by atoms with E-state index in [1.54, 1.807) is 11.0 Å². The van der Waals surface area contributed by atoms with Gasteiger partial charge in [-0.05, 0) is 30.9 Å². The number of aliphatic hydroxyl groups excluding tert-OH is 1. The van der Waals surface area contributed by atoms with Crippen molar-refractivity contribution in [1.29, 1.82) is 0 Å². The molecule has 2 aromatic rings. The molecule has 0 spiro atoms. The highest BCUT2D eigenvalue weighted by Gasteiger charge is 2.24. The first-order chi connectivity index (χ1) is 10.4. The van der Waals surface area contributed by atoms with Crippen molar-refractivity contribution < 1.29 is 5.11 Å². The molecule has 1 aliphatic carbocycles. The first kappa shape index (κ1) is 14.2. The lowest BCUT2D eigenvalue weighted by molar-refractivity contribution is 0.152. The van der Waals surface area contributed by atoms with Crippen molar-refractivity contribution in [2.24, 2.45) is 5.92 Å². The predicted octanol–water partition coefficient (Wildman–Crippen LogP) is 1.91. The largest absolute Gasteiger partial charge is 0.396 e. The second-order valence-corrected chi connectivity index (χ2v) is 5.66. The van der Waals surface area contributed by atoms with Gasteiger partial charge in [-0.1, -0.05) is 31.0 Å². The molecule has 0 bridgehead atoms. The number of hydrogen-bond donors (Lipinski definition) is 2. The van der Waals surface area contributed by atoms with E-state index in [9.17, 15) is 5.11 Å². The summed E-state index contributed by atoms with van der Waals surface area (Å²) >= 11 is 0. The van der Waals surface area contributed by atoms with Crippen LogP contribution < -0.4 is 5.32 Å². The SMILES string of the molecule is OC[C@@H]1CCCC[C@H]1NCc1ncn(-c2ccccc2)n1. The maximum atomic E-state index is 9.44. The molecule has 0 radical (unpaired) electrons. The molecule has 1 aliphatic rings. The lowest BCUT2D eigenvalue weighted by atomic mass is 9.85. The van der Waals surface area contributed by atoms with Crippen LogP contribution in [0.4, 0.5) is 0 Å². The Morgan fingerprint density at radius 2 is 2.00 bits per heavy atom. The number of nitrogens with zero attached hydrogens (tertiary/aromatic N) is 3. The van der Waals surface area contributed by atoms with Crippen molar-refractivity contribution in [2.45, 2.75) is 38.3 Å². The van der Waals surface area contributed by atoms with Crippen LogP contribution in [0.15, 0.2) is 36.7 Å². The van der Waals surface area contributed by atoms with Gasteiger partial charge in [-0.25, -0.2) is 9.67 Å². The smallest absolute Gasteiger partial charge is 0.164 e. The van der Waals surface area contributed by atoms with Gasteiger partial charge < -0.3 is 10.4 Å². The minimum Gasteiger partial charge on any atom is -0.396 e. The Hall–Kier alpha value is -1.72. The average Bonchev–Trinajstić information content (AvgIpc) is 3.03. The monoisotopic (exact) mass is 286 g/mol. The third-order valence-electron chi connectivity index (χ3n) is 4.23. The maximum Gasteiger partial charge on any atom is 0.164 e. The van der Waals surface area contributed by atoms with E-state index in [1.807, 2.05) is 30.3 Å². The number of rotatable bonds is 5. The molecule has 21 heavy (non-hydrogen) atoms. The minimum absolute atomic E-state index is 0.267. The van der Waals surface area contributed by atoms with Crippen LogP contribution in [0, 0.1) is 5.92 Å². The summed E-state index contributed by atoms with van der Waals surface area (Å²) in [4.78, 5) is 4.35. The molecule has 2 N–H and O–H groups in total. The van der Waals surface area contributed by atoms with E-state index in [2.05, 4.69) is 15.4 Å². The van der Waals surface area contributed by atoms with E-state index in [1.165, 1.54) is 12.8 Å². The number of hydrogen-bond acceptors (Lipinski definition) is 4. The van der Waals surface area contributed by atoms with Crippen LogP contribution >= 0.6 is 0 Å². The summed E-state index contributed by atoms with van der Waals surface area (Å²) in [7, 11) is 0. The number of benzene rings is 1. The van der Waals surface area contributed by atoms with E-state index >= 15 is 0 Å². The lowest BCUT2D eigenvalue weighted by Crippen LogP contribution is -2.40. The summed E-state index contributed by atoms with van der Waals surface area (Å²) < 4.78 is 1.79. The normalized spacial score (nSPS) is 22.3. The summed E-state index contributed by atoms with van der Waals surface area (Å²) in [6, 6.07) is 10.4. The molecule has 0 saturated heterocycles. The highest BCUT2D eigenvalue weighted by atomic mass is 16.3. The molecule has 1 saturated carbocycles. The fourth-order valence-electron chi connectivity index (χ4n) is 3.00. The van der Waals surface area contributed by atoms with Crippen LogP contribution in [0.3, 0.4) is 0 Å². The molecular weight excluding hydrogens is 264 g/mol. The van der Waals surface area contributed by atoms with Gasteiger partial charge in [0, 0.05) is 12.6 Å². The van der Waals surface area contributed by atoms with E-state index < -0.39 is 0 Å². The Morgan fingerprint density at radius 1 is 1.19 bits per heavy atom. The third-order valence-corrected chi connectivity index (χ3v) is 4.23. The number of aliphatic hydroxyl groups is 1. The van der Waals surface area contributed by atoms with Crippen molar-refractivity contribution in [3.05, 3.63) is 42.5 Å². The zero-order valence-corrected chi connectivity index (χ0v) is 12.2. The zero-order chi connectivity index (χ0) is 14.5. The van der Waals surface area contributed by atoms with Gasteiger partial charge in [-0.3, -0.25) is 0 Å². The summed E-state index contributed by atoms with van der Waals surface area (Å²) in [6.07, 6.45) is 6.45. The molecule has 3 rings (SSSR count). The van der Waals surface area contributed by atoms with E-state index in [0.717, 1.165) is 24.4 Å². The Balaban J connectivity index is 1.60. The van der Waals surface area contributed by atoms with Crippen LogP contribution in [0.1, 0.15) is 31.5 Å². The Labute approximate surface area is 125 Å².